The topological polar surface area (TPSA) is 70.6 Å². The Kier molecular flexibility index (Phi) is 5.16. The molecule has 2 aliphatic rings. The summed E-state index contributed by atoms with van der Waals surface area (Å²) in [7, 11) is -1.37. The van der Waals surface area contributed by atoms with Gasteiger partial charge in [-0.3, -0.25) is 9.78 Å². The number of pyridine rings is 1. The molecular weight excluding hydrogens is 338 g/mol. The summed E-state index contributed by atoms with van der Waals surface area (Å²) in [6.45, 7) is 3.55. The van der Waals surface area contributed by atoms with Crippen LogP contribution >= 0.6 is 0 Å². The Labute approximate surface area is 150 Å². The van der Waals surface area contributed by atoms with Crippen LogP contribution in [0.4, 0.5) is 0 Å². The summed E-state index contributed by atoms with van der Waals surface area (Å²) >= 11 is 0. The number of unbranched alkanes of at least 4 members (excludes halogenated alkanes) is 1. The highest BCUT2D eigenvalue weighted by molar-refractivity contribution is 7.89. The van der Waals surface area contributed by atoms with Gasteiger partial charge in [0.05, 0.1) is 18.0 Å². The van der Waals surface area contributed by atoms with Crippen molar-refractivity contribution in [1.29, 1.82) is 0 Å². The number of carbonyl (C=O) groups is 1. The van der Waals surface area contributed by atoms with E-state index in [9.17, 15) is 13.2 Å². The lowest BCUT2D eigenvalue weighted by Gasteiger charge is -2.19. The van der Waals surface area contributed by atoms with Crippen LogP contribution in [0.1, 0.15) is 38.3 Å². The molecule has 2 atom stereocenters. The molecule has 0 aromatic carbocycles. The zero-order valence-corrected chi connectivity index (χ0v) is 15.8. The number of sulfonamides is 1. The van der Waals surface area contributed by atoms with Gasteiger partial charge in [0.25, 0.3) is 0 Å². The number of amides is 1. The van der Waals surface area contributed by atoms with Gasteiger partial charge >= 0.3 is 0 Å². The molecule has 0 bridgehead atoms. The number of hydrogen-bond donors (Lipinski definition) is 0. The van der Waals surface area contributed by atoms with E-state index in [0.717, 1.165) is 25.0 Å². The fourth-order valence-electron chi connectivity index (χ4n) is 3.78. The fraction of sp³-hybridized carbons (Fsp3) is 0.667. The lowest BCUT2D eigenvalue weighted by molar-refractivity contribution is -0.132. The fourth-order valence-corrected chi connectivity index (χ4v) is 5.51. The first-order chi connectivity index (χ1) is 11.9. The quantitative estimate of drug-likeness (QED) is 0.740. The number of aromatic nitrogens is 1. The van der Waals surface area contributed by atoms with Crippen LogP contribution in [0.3, 0.4) is 0 Å². The molecule has 1 saturated heterocycles. The molecule has 1 spiro atoms. The highest BCUT2D eigenvalue weighted by Gasteiger charge is 2.62. The third kappa shape index (κ3) is 3.87. The molecule has 2 heterocycles. The molecule has 0 radical (unpaired) electrons. The van der Waals surface area contributed by atoms with E-state index in [1.807, 2.05) is 25.1 Å². The van der Waals surface area contributed by atoms with Crippen LogP contribution in [0.15, 0.2) is 24.4 Å². The van der Waals surface area contributed by atoms with Crippen molar-refractivity contribution in [3.05, 3.63) is 30.1 Å². The predicted molar refractivity (Wildman–Crippen MR) is 96.1 cm³/mol. The predicted octanol–water partition coefficient (Wildman–Crippen LogP) is 1.88. The average Bonchev–Trinajstić information content (AvgIpc) is 3.11. The largest absolute Gasteiger partial charge is 0.340 e. The first-order valence-corrected chi connectivity index (χ1v) is 10.6. The maximum absolute atomic E-state index is 12.7. The van der Waals surface area contributed by atoms with E-state index in [0.29, 0.717) is 26.1 Å². The van der Waals surface area contributed by atoms with Crippen molar-refractivity contribution < 1.29 is 13.2 Å². The summed E-state index contributed by atoms with van der Waals surface area (Å²) in [6, 6.07) is 5.67. The summed E-state index contributed by atoms with van der Waals surface area (Å²) < 4.78 is 26.4. The monoisotopic (exact) mass is 365 g/mol. The molecule has 0 unspecified atom stereocenters. The summed E-state index contributed by atoms with van der Waals surface area (Å²) in [6.07, 6.45) is 4.89. The minimum Gasteiger partial charge on any atom is -0.340 e. The van der Waals surface area contributed by atoms with Gasteiger partial charge < -0.3 is 4.90 Å². The van der Waals surface area contributed by atoms with Crippen LogP contribution in [0.5, 0.6) is 0 Å². The zero-order valence-electron chi connectivity index (χ0n) is 15.0. The zero-order chi connectivity index (χ0) is 18.1. The minimum atomic E-state index is -3.17. The summed E-state index contributed by atoms with van der Waals surface area (Å²) in [5.41, 5.74) is 0.734. The van der Waals surface area contributed by atoms with Gasteiger partial charge in [-0.25, -0.2) is 12.7 Å². The highest BCUT2D eigenvalue weighted by Crippen LogP contribution is 2.59. The smallest absolute Gasteiger partial charge is 0.226 e. The maximum atomic E-state index is 12.7. The van der Waals surface area contributed by atoms with Crippen LogP contribution < -0.4 is 0 Å². The van der Waals surface area contributed by atoms with E-state index >= 15 is 0 Å². The third-order valence-corrected chi connectivity index (χ3v) is 7.39. The molecule has 138 valence electrons. The second-order valence-electron chi connectivity index (χ2n) is 7.39. The molecule has 1 aromatic heterocycles. The van der Waals surface area contributed by atoms with Crippen LogP contribution in [0.2, 0.25) is 0 Å². The molecule has 2 fully saturated rings. The third-order valence-electron chi connectivity index (χ3n) is 5.49. The molecule has 3 rings (SSSR count). The van der Waals surface area contributed by atoms with Crippen molar-refractivity contribution in [3.63, 3.8) is 0 Å². The van der Waals surface area contributed by atoms with Crippen LogP contribution in [-0.2, 0) is 21.4 Å². The van der Waals surface area contributed by atoms with Gasteiger partial charge in [-0.2, -0.15) is 0 Å². The van der Waals surface area contributed by atoms with Gasteiger partial charge in [0.2, 0.25) is 15.9 Å². The summed E-state index contributed by atoms with van der Waals surface area (Å²) in [5.74, 6) is 0.281. The Bertz CT molecular complexity index is 722. The van der Waals surface area contributed by atoms with Gasteiger partial charge in [0.15, 0.2) is 0 Å². The standard InChI is InChI=1S/C18H27N3O3S/c1-3-4-11-25(23,24)21-10-8-18(14-21)12-16(18)17(22)20(2)13-15-7-5-6-9-19-15/h5-7,9,16H,3-4,8,10-14H2,1-2H3/t16-,18+/m1/s1. The Morgan fingerprint density at radius 1 is 1.44 bits per heavy atom. The number of carbonyl (C=O) groups excluding carboxylic acids is 1. The van der Waals surface area contributed by atoms with Crippen LogP contribution in [0.25, 0.3) is 0 Å². The normalized spacial score (nSPS) is 26.1. The van der Waals surface area contributed by atoms with Gasteiger partial charge in [-0.05, 0) is 36.8 Å². The molecule has 1 aliphatic carbocycles. The molecule has 1 aliphatic heterocycles. The van der Waals surface area contributed by atoms with Crippen molar-refractivity contribution in [2.24, 2.45) is 11.3 Å². The van der Waals surface area contributed by atoms with E-state index in [2.05, 4.69) is 4.98 Å². The maximum Gasteiger partial charge on any atom is 0.226 e. The minimum absolute atomic E-state index is 0.0485. The Morgan fingerprint density at radius 3 is 2.92 bits per heavy atom. The molecule has 7 heteroatoms. The van der Waals surface area contributed by atoms with Crippen LogP contribution in [-0.4, -0.2) is 54.4 Å². The Morgan fingerprint density at radius 2 is 2.24 bits per heavy atom. The Balaban J connectivity index is 1.57. The van der Waals surface area contributed by atoms with Crippen molar-refractivity contribution in [3.8, 4) is 0 Å². The molecule has 25 heavy (non-hydrogen) atoms. The van der Waals surface area contributed by atoms with E-state index in [4.69, 9.17) is 0 Å². The summed E-state index contributed by atoms with van der Waals surface area (Å²) in [4.78, 5) is 18.7. The van der Waals surface area contributed by atoms with Crippen molar-refractivity contribution in [2.75, 3.05) is 25.9 Å². The van der Waals surface area contributed by atoms with E-state index < -0.39 is 10.0 Å². The van der Waals surface area contributed by atoms with Crippen molar-refractivity contribution in [2.45, 2.75) is 39.2 Å². The number of hydrogen-bond acceptors (Lipinski definition) is 4. The molecular formula is C18H27N3O3S. The van der Waals surface area contributed by atoms with Gasteiger partial charge in [-0.15, -0.1) is 0 Å². The Hall–Kier alpha value is -1.47. The van der Waals surface area contributed by atoms with E-state index in [1.165, 1.54) is 0 Å². The molecule has 1 saturated carbocycles. The van der Waals surface area contributed by atoms with Gasteiger partial charge in [0.1, 0.15) is 0 Å². The lowest BCUT2D eigenvalue weighted by Crippen LogP contribution is -2.33. The second kappa shape index (κ2) is 7.03. The first-order valence-electron chi connectivity index (χ1n) is 9.01. The molecule has 0 N–H and O–H groups in total. The molecule has 6 nitrogen and oxygen atoms in total. The second-order valence-corrected chi connectivity index (χ2v) is 9.48. The first kappa shape index (κ1) is 18.3. The van der Waals surface area contributed by atoms with E-state index in [1.54, 1.807) is 22.4 Å². The lowest BCUT2D eigenvalue weighted by atomic mass is 10.0. The number of rotatable bonds is 7. The van der Waals surface area contributed by atoms with Crippen molar-refractivity contribution in [1.82, 2.24) is 14.2 Å². The van der Waals surface area contributed by atoms with E-state index in [-0.39, 0.29) is 23.0 Å². The number of nitrogens with zero attached hydrogens (tertiary/aromatic N) is 3. The SMILES string of the molecule is CCCCS(=O)(=O)N1CC[C@]2(C[C@@H]2C(=O)N(C)Cc2ccccn2)C1. The average molecular weight is 365 g/mol. The van der Waals surface area contributed by atoms with Crippen molar-refractivity contribution >= 4 is 15.9 Å². The van der Waals surface area contributed by atoms with Crippen LogP contribution in [0, 0.1) is 11.3 Å². The molecule has 1 aromatic rings. The van der Waals surface area contributed by atoms with Gasteiger partial charge in [0, 0.05) is 32.3 Å². The van der Waals surface area contributed by atoms with Gasteiger partial charge in [-0.1, -0.05) is 19.4 Å². The summed E-state index contributed by atoms with van der Waals surface area (Å²) in [5, 5.41) is 0. The molecule has 1 amide bonds. The highest BCUT2D eigenvalue weighted by atomic mass is 32.2.